The molecule has 4 heteroatoms. The van der Waals surface area contributed by atoms with E-state index in [1.807, 2.05) is 19.9 Å². The maximum absolute atomic E-state index is 11.0. The van der Waals surface area contributed by atoms with E-state index >= 15 is 0 Å². The van der Waals surface area contributed by atoms with Crippen LogP contribution in [0.3, 0.4) is 0 Å². The topological polar surface area (TPSA) is 59.4 Å². The third kappa shape index (κ3) is 3.31. The zero-order valence-electron chi connectivity index (χ0n) is 10.8. The molecule has 0 saturated carbocycles. The van der Waals surface area contributed by atoms with Crippen LogP contribution in [-0.2, 0) is 0 Å². The fourth-order valence-electron chi connectivity index (χ4n) is 1.78. The Labute approximate surface area is 111 Å². The predicted octanol–water partition coefficient (Wildman–Crippen LogP) is 3.05. The van der Waals surface area contributed by atoms with Gasteiger partial charge in [0.05, 0.1) is 12.3 Å². The lowest BCUT2D eigenvalue weighted by Crippen LogP contribution is -2.05. The maximum Gasteiger partial charge on any atom is 0.150 e. The molecule has 0 spiro atoms. The van der Waals surface area contributed by atoms with Gasteiger partial charge in [0.15, 0.2) is 0 Å². The molecule has 0 unspecified atom stereocenters. The van der Waals surface area contributed by atoms with Gasteiger partial charge in [0.2, 0.25) is 0 Å². The first-order chi connectivity index (χ1) is 9.08. The van der Waals surface area contributed by atoms with Gasteiger partial charge in [-0.1, -0.05) is 0 Å². The molecular weight excluding hydrogens is 242 g/mol. The number of ether oxygens (including phenoxy) is 1. The van der Waals surface area contributed by atoms with Gasteiger partial charge in [0.1, 0.15) is 17.8 Å². The number of aromatic nitrogens is 1. The Balaban J connectivity index is 2.47. The van der Waals surface area contributed by atoms with Crippen molar-refractivity contribution in [3.8, 4) is 22.6 Å². The molecule has 1 aromatic carbocycles. The van der Waals surface area contributed by atoms with Crippen LogP contribution in [0.4, 0.5) is 0 Å². The van der Waals surface area contributed by atoms with Crippen LogP contribution in [0.1, 0.15) is 24.2 Å². The lowest BCUT2D eigenvalue weighted by Gasteiger charge is -2.12. The highest BCUT2D eigenvalue weighted by Gasteiger charge is 2.06. The summed E-state index contributed by atoms with van der Waals surface area (Å²) in [5.74, 6) is 0.707. The molecule has 19 heavy (non-hydrogen) atoms. The standard InChI is InChI=1S/C15H15NO3/c1-10(2)19-15-4-11(9-17)3-12(6-15)13-5-14(18)8-16-7-13/h3-10,18H,1-2H3. The van der Waals surface area contributed by atoms with E-state index in [0.717, 1.165) is 17.4 Å². The van der Waals surface area contributed by atoms with Crippen molar-refractivity contribution in [2.24, 2.45) is 0 Å². The minimum atomic E-state index is 0.0250. The van der Waals surface area contributed by atoms with Crippen molar-refractivity contribution < 1.29 is 14.6 Å². The second-order valence-corrected chi connectivity index (χ2v) is 4.51. The lowest BCUT2D eigenvalue weighted by atomic mass is 10.0. The molecule has 0 fully saturated rings. The summed E-state index contributed by atoms with van der Waals surface area (Å²) in [5.41, 5.74) is 2.04. The van der Waals surface area contributed by atoms with Crippen molar-refractivity contribution in [1.82, 2.24) is 4.98 Å². The van der Waals surface area contributed by atoms with E-state index in [1.165, 1.54) is 6.20 Å². The summed E-state index contributed by atoms with van der Waals surface area (Å²) < 4.78 is 5.61. The molecule has 2 rings (SSSR count). The number of aromatic hydroxyl groups is 1. The molecule has 0 radical (unpaired) electrons. The van der Waals surface area contributed by atoms with Crippen LogP contribution in [0.2, 0.25) is 0 Å². The Morgan fingerprint density at radius 3 is 2.58 bits per heavy atom. The molecule has 4 nitrogen and oxygen atoms in total. The fourth-order valence-corrected chi connectivity index (χ4v) is 1.78. The minimum Gasteiger partial charge on any atom is -0.506 e. The molecule has 98 valence electrons. The first-order valence-electron chi connectivity index (χ1n) is 6.00. The summed E-state index contributed by atoms with van der Waals surface area (Å²) in [6, 6.07) is 6.84. The number of aldehydes is 1. The Morgan fingerprint density at radius 2 is 1.95 bits per heavy atom. The first-order valence-corrected chi connectivity index (χ1v) is 6.00. The normalized spacial score (nSPS) is 10.5. The molecule has 0 aliphatic rings. The van der Waals surface area contributed by atoms with E-state index in [-0.39, 0.29) is 11.9 Å². The minimum absolute atomic E-state index is 0.0250. The molecule has 2 aromatic rings. The molecule has 0 saturated heterocycles. The smallest absolute Gasteiger partial charge is 0.150 e. The molecule has 0 atom stereocenters. The zero-order chi connectivity index (χ0) is 13.8. The highest BCUT2D eigenvalue weighted by atomic mass is 16.5. The number of rotatable bonds is 4. The Bertz CT molecular complexity index is 594. The SMILES string of the molecule is CC(C)Oc1cc(C=O)cc(-c2cncc(O)c2)c1. The third-order valence-electron chi connectivity index (χ3n) is 2.49. The average molecular weight is 257 g/mol. The molecule has 0 bridgehead atoms. The highest BCUT2D eigenvalue weighted by Crippen LogP contribution is 2.27. The van der Waals surface area contributed by atoms with Crippen LogP contribution in [0, 0.1) is 0 Å². The maximum atomic E-state index is 11.0. The monoisotopic (exact) mass is 257 g/mol. The molecule has 0 amide bonds. The number of benzene rings is 1. The van der Waals surface area contributed by atoms with E-state index in [1.54, 1.807) is 24.4 Å². The first kappa shape index (κ1) is 13.1. The van der Waals surface area contributed by atoms with Crippen LogP contribution >= 0.6 is 0 Å². The molecule has 0 aliphatic heterocycles. The fraction of sp³-hybridized carbons (Fsp3) is 0.200. The van der Waals surface area contributed by atoms with E-state index in [4.69, 9.17) is 4.74 Å². The number of carbonyl (C=O) groups excluding carboxylic acids is 1. The van der Waals surface area contributed by atoms with Gasteiger partial charge in [0, 0.05) is 17.3 Å². The van der Waals surface area contributed by atoms with Crippen LogP contribution in [0.15, 0.2) is 36.7 Å². The van der Waals surface area contributed by atoms with E-state index in [0.29, 0.717) is 11.3 Å². The van der Waals surface area contributed by atoms with Gasteiger partial charge in [-0.3, -0.25) is 9.78 Å². The number of nitrogens with zero attached hydrogens (tertiary/aromatic N) is 1. The van der Waals surface area contributed by atoms with Gasteiger partial charge in [-0.05, 0) is 43.7 Å². The summed E-state index contributed by atoms with van der Waals surface area (Å²) in [6.07, 6.45) is 3.78. The molecule has 1 aromatic heterocycles. The average Bonchev–Trinajstić information content (AvgIpc) is 2.37. The van der Waals surface area contributed by atoms with Crippen molar-refractivity contribution in [1.29, 1.82) is 0 Å². The van der Waals surface area contributed by atoms with Gasteiger partial charge in [0.25, 0.3) is 0 Å². The van der Waals surface area contributed by atoms with E-state index in [9.17, 15) is 9.90 Å². The number of hydrogen-bond acceptors (Lipinski definition) is 4. The van der Waals surface area contributed by atoms with Crippen molar-refractivity contribution >= 4 is 6.29 Å². The van der Waals surface area contributed by atoms with Crippen LogP contribution in [-0.4, -0.2) is 22.5 Å². The predicted molar refractivity (Wildman–Crippen MR) is 72.5 cm³/mol. The van der Waals surface area contributed by atoms with Gasteiger partial charge in [-0.2, -0.15) is 0 Å². The Hall–Kier alpha value is -2.36. The lowest BCUT2D eigenvalue weighted by molar-refractivity contribution is 0.112. The molecular formula is C15H15NO3. The van der Waals surface area contributed by atoms with E-state index < -0.39 is 0 Å². The Morgan fingerprint density at radius 1 is 1.16 bits per heavy atom. The van der Waals surface area contributed by atoms with Crippen molar-refractivity contribution in [2.75, 3.05) is 0 Å². The second kappa shape index (κ2) is 5.52. The van der Waals surface area contributed by atoms with Crippen LogP contribution in [0.25, 0.3) is 11.1 Å². The number of carbonyl (C=O) groups is 1. The summed E-state index contributed by atoms with van der Waals surface area (Å²) in [5, 5.41) is 9.45. The second-order valence-electron chi connectivity index (χ2n) is 4.51. The highest BCUT2D eigenvalue weighted by molar-refractivity contribution is 5.80. The van der Waals surface area contributed by atoms with Gasteiger partial charge in [-0.15, -0.1) is 0 Å². The number of pyridine rings is 1. The van der Waals surface area contributed by atoms with Gasteiger partial charge in [-0.25, -0.2) is 0 Å². The number of hydrogen-bond donors (Lipinski definition) is 1. The third-order valence-corrected chi connectivity index (χ3v) is 2.49. The zero-order valence-corrected chi connectivity index (χ0v) is 10.8. The largest absolute Gasteiger partial charge is 0.506 e. The van der Waals surface area contributed by atoms with Crippen molar-refractivity contribution in [3.05, 3.63) is 42.2 Å². The summed E-state index contributed by atoms with van der Waals surface area (Å²) in [7, 11) is 0. The van der Waals surface area contributed by atoms with Gasteiger partial charge >= 0.3 is 0 Å². The molecule has 1 heterocycles. The molecule has 0 aliphatic carbocycles. The van der Waals surface area contributed by atoms with E-state index in [2.05, 4.69) is 4.98 Å². The quantitative estimate of drug-likeness (QED) is 0.855. The van der Waals surface area contributed by atoms with Crippen LogP contribution < -0.4 is 4.74 Å². The summed E-state index contributed by atoms with van der Waals surface area (Å²) in [4.78, 5) is 14.9. The molecule has 1 N–H and O–H groups in total. The summed E-state index contributed by atoms with van der Waals surface area (Å²) in [6.45, 7) is 3.84. The van der Waals surface area contributed by atoms with Crippen molar-refractivity contribution in [2.45, 2.75) is 20.0 Å². The van der Waals surface area contributed by atoms with Crippen LogP contribution in [0.5, 0.6) is 11.5 Å². The summed E-state index contributed by atoms with van der Waals surface area (Å²) >= 11 is 0. The van der Waals surface area contributed by atoms with Crippen molar-refractivity contribution in [3.63, 3.8) is 0 Å². The van der Waals surface area contributed by atoms with Gasteiger partial charge < -0.3 is 9.84 Å². The Kier molecular flexibility index (Phi) is 3.80.